The largest absolute Gasteiger partial charge is 0.481 e. The molecule has 0 fully saturated rings. The number of allylic oxidation sites excluding steroid dienone is 12. The first-order valence-corrected chi connectivity index (χ1v) is 9.85. The van der Waals surface area contributed by atoms with Gasteiger partial charge in [0.25, 0.3) is 0 Å². The van der Waals surface area contributed by atoms with E-state index in [0.29, 0.717) is 12.8 Å². The fraction of sp³-hybridized carbons (Fsp3) is 0.458. The van der Waals surface area contributed by atoms with Crippen LogP contribution in [0.25, 0.3) is 0 Å². The van der Waals surface area contributed by atoms with E-state index in [1.165, 1.54) is 0 Å². The number of hydrogen-bond acceptors (Lipinski definition) is 1. The van der Waals surface area contributed by atoms with Gasteiger partial charge in [0.2, 0.25) is 0 Å². The summed E-state index contributed by atoms with van der Waals surface area (Å²) in [5, 5.41) is 8.95. The molecule has 0 aromatic carbocycles. The fourth-order valence-electron chi connectivity index (χ4n) is 2.22. The topological polar surface area (TPSA) is 37.3 Å². The Bertz CT molecular complexity index is 504. The molecular weight excluding hydrogens is 320 g/mol. The van der Waals surface area contributed by atoms with Gasteiger partial charge in [0.15, 0.2) is 0 Å². The number of carbonyl (C=O) groups is 1. The molecule has 144 valence electrons. The minimum absolute atomic E-state index is 0.250. The quantitative estimate of drug-likeness (QED) is 0.315. The molecule has 2 nitrogen and oxygen atoms in total. The average Bonchev–Trinajstić information content (AvgIpc) is 2.63. The van der Waals surface area contributed by atoms with Crippen molar-refractivity contribution in [1.82, 2.24) is 0 Å². The lowest BCUT2D eigenvalue weighted by Gasteiger charge is -2.04. The summed E-state index contributed by atoms with van der Waals surface area (Å²) >= 11 is 0. The predicted octanol–water partition coefficient (Wildman–Crippen LogP) is 7.19. The highest BCUT2D eigenvalue weighted by Crippen LogP contribution is 2.09. The molecule has 26 heavy (non-hydrogen) atoms. The standard InChI is InChI=1S/C24H36O2/c1-3-5-6-7-8-9-10-11-12-13-14-15-16-17-18-19-20-21-22-23(4-2)24(25)26/h5-6,8-9,11-12,14-15,17-18,20-21,23H,3-4,7,10,13,16,19,22H2,1-2H3,(H,25,26)/b6-5-,9-8?,12-11?,15-14?,18-17?,21-20?. The number of aliphatic carboxylic acids is 1. The molecule has 2 heteroatoms. The van der Waals surface area contributed by atoms with Crippen LogP contribution in [0.1, 0.15) is 65.2 Å². The van der Waals surface area contributed by atoms with Crippen molar-refractivity contribution in [2.75, 3.05) is 0 Å². The van der Waals surface area contributed by atoms with E-state index in [0.717, 1.165) is 38.5 Å². The summed E-state index contributed by atoms with van der Waals surface area (Å²) in [6.07, 6.45) is 33.1. The monoisotopic (exact) mass is 356 g/mol. The van der Waals surface area contributed by atoms with Gasteiger partial charge in [-0.25, -0.2) is 0 Å². The molecule has 0 saturated carbocycles. The van der Waals surface area contributed by atoms with Gasteiger partial charge in [-0.1, -0.05) is 86.8 Å². The van der Waals surface area contributed by atoms with E-state index in [-0.39, 0.29) is 5.92 Å². The molecular formula is C24H36O2. The van der Waals surface area contributed by atoms with Crippen molar-refractivity contribution in [3.05, 3.63) is 72.9 Å². The first-order valence-electron chi connectivity index (χ1n) is 9.85. The van der Waals surface area contributed by atoms with Crippen molar-refractivity contribution in [2.45, 2.75) is 65.2 Å². The van der Waals surface area contributed by atoms with E-state index in [1.54, 1.807) is 0 Å². The van der Waals surface area contributed by atoms with Crippen LogP contribution < -0.4 is 0 Å². The Kier molecular flexibility index (Phi) is 17.7. The van der Waals surface area contributed by atoms with Crippen LogP contribution in [0.5, 0.6) is 0 Å². The van der Waals surface area contributed by atoms with Gasteiger partial charge < -0.3 is 5.11 Å². The number of hydrogen-bond donors (Lipinski definition) is 1. The Morgan fingerprint density at radius 3 is 1.31 bits per heavy atom. The Labute approximate surface area is 160 Å². The SMILES string of the molecule is CC/C=C\CC=CCC=CCC=CCC=CCC=CCC(CC)C(=O)O. The molecule has 0 aliphatic rings. The van der Waals surface area contributed by atoms with E-state index in [4.69, 9.17) is 5.11 Å². The lowest BCUT2D eigenvalue weighted by atomic mass is 10.0. The van der Waals surface area contributed by atoms with Crippen LogP contribution in [0.2, 0.25) is 0 Å². The van der Waals surface area contributed by atoms with E-state index in [2.05, 4.69) is 67.7 Å². The van der Waals surface area contributed by atoms with E-state index in [1.807, 2.05) is 19.1 Å². The molecule has 0 radical (unpaired) electrons. The Morgan fingerprint density at radius 2 is 1.00 bits per heavy atom. The van der Waals surface area contributed by atoms with Gasteiger partial charge >= 0.3 is 5.97 Å². The van der Waals surface area contributed by atoms with Gasteiger partial charge in [0, 0.05) is 0 Å². The van der Waals surface area contributed by atoms with Gasteiger partial charge in [0.05, 0.1) is 5.92 Å². The molecule has 0 spiro atoms. The number of rotatable bonds is 15. The first kappa shape index (κ1) is 23.9. The highest BCUT2D eigenvalue weighted by Gasteiger charge is 2.11. The van der Waals surface area contributed by atoms with Crippen LogP contribution in [0, 0.1) is 5.92 Å². The normalized spacial score (nSPS) is 14.2. The average molecular weight is 357 g/mol. The minimum atomic E-state index is -0.702. The van der Waals surface area contributed by atoms with Crippen molar-refractivity contribution >= 4 is 5.97 Å². The van der Waals surface area contributed by atoms with Crippen molar-refractivity contribution in [3.8, 4) is 0 Å². The number of carboxylic acid groups (broad SMARTS) is 1. The van der Waals surface area contributed by atoms with Crippen molar-refractivity contribution in [2.24, 2.45) is 5.92 Å². The molecule has 0 saturated heterocycles. The summed E-state index contributed by atoms with van der Waals surface area (Å²) in [4.78, 5) is 10.9. The lowest BCUT2D eigenvalue weighted by Crippen LogP contribution is -2.11. The Morgan fingerprint density at radius 1 is 0.654 bits per heavy atom. The maximum absolute atomic E-state index is 10.9. The van der Waals surface area contributed by atoms with Gasteiger partial charge in [0.1, 0.15) is 0 Å². The molecule has 0 aromatic rings. The third-order valence-electron chi connectivity index (χ3n) is 3.86. The van der Waals surface area contributed by atoms with Gasteiger partial charge in [-0.3, -0.25) is 4.79 Å². The second-order valence-corrected chi connectivity index (χ2v) is 6.09. The zero-order chi connectivity index (χ0) is 19.3. The summed E-state index contributed by atoms with van der Waals surface area (Å²) in [5.74, 6) is -0.952. The van der Waals surface area contributed by atoms with Gasteiger partial charge in [-0.15, -0.1) is 0 Å². The Balaban J connectivity index is 3.65. The Hall–Kier alpha value is -2.09. The maximum atomic E-state index is 10.9. The van der Waals surface area contributed by atoms with Crippen LogP contribution in [0.3, 0.4) is 0 Å². The highest BCUT2D eigenvalue weighted by molar-refractivity contribution is 5.70. The summed E-state index contributed by atoms with van der Waals surface area (Å²) in [6.45, 7) is 4.06. The molecule has 0 aliphatic heterocycles. The van der Waals surface area contributed by atoms with Crippen LogP contribution in [-0.4, -0.2) is 11.1 Å². The van der Waals surface area contributed by atoms with Gasteiger partial charge in [-0.2, -0.15) is 0 Å². The van der Waals surface area contributed by atoms with Crippen molar-refractivity contribution in [3.63, 3.8) is 0 Å². The van der Waals surface area contributed by atoms with Crippen LogP contribution >= 0.6 is 0 Å². The molecule has 1 atom stereocenters. The minimum Gasteiger partial charge on any atom is -0.481 e. The van der Waals surface area contributed by atoms with E-state index in [9.17, 15) is 4.79 Å². The van der Waals surface area contributed by atoms with Gasteiger partial charge in [-0.05, 0) is 51.4 Å². The van der Waals surface area contributed by atoms with Crippen molar-refractivity contribution in [1.29, 1.82) is 0 Å². The smallest absolute Gasteiger partial charge is 0.306 e. The second-order valence-electron chi connectivity index (χ2n) is 6.09. The summed E-state index contributed by atoms with van der Waals surface area (Å²) in [7, 11) is 0. The second kappa shape index (κ2) is 19.2. The van der Waals surface area contributed by atoms with Crippen LogP contribution in [-0.2, 0) is 4.79 Å². The van der Waals surface area contributed by atoms with Crippen LogP contribution in [0.4, 0.5) is 0 Å². The molecule has 0 aliphatic carbocycles. The van der Waals surface area contributed by atoms with Crippen molar-refractivity contribution < 1.29 is 9.90 Å². The third-order valence-corrected chi connectivity index (χ3v) is 3.86. The molecule has 0 aromatic heterocycles. The van der Waals surface area contributed by atoms with E-state index >= 15 is 0 Å². The molecule has 0 bridgehead atoms. The summed E-state index contributed by atoms with van der Waals surface area (Å²) < 4.78 is 0. The summed E-state index contributed by atoms with van der Waals surface area (Å²) in [5.41, 5.74) is 0. The first-order chi connectivity index (χ1) is 12.7. The molecule has 0 amide bonds. The lowest BCUT2D eigenvalue weighted by molar-refractivity contribution is -0.141. The third kappa shape index (κ3) is 16.8. The molecule has 0 heterocycles. The van der Waals surface area contributed by atoms with Crippen LogP contribution in [0.15, 0.2) is 72.9 Å². The maximum Gasteiger partial charge on any atom is 0.306 e. The zero-order valence-corrected chi connectivity index (χ0v) is 16.5. The predicted molar refractivity (Wildman–Crippen MR) is 114 cm³/mol. The van der Waals surface area contributed by atoms with E-state index < -0.39 is 5.97 Å². The summed E-state index contributed by atoms with van der Waals surface area (Å²) in [6, 6.07) is 0. The molecule has 1 unspecified atom stereocenters. The highest BCUT2D eigenvalue weighted by atomic mass is 16.4. The molecule has 0 rings (SSSR count). The molecule has 1 N–H and O–H groups in total. The zero-order valence-electron chi connectivity index (χ0n) is 16.5. The fourth-order valence-corrected chi connectivity index (χ4v) is 2.22. The number of carboxylic acids is 1.